The Kier molecular flexibility index (Phi) is 2.04. The molecule has 56 valence electrons. The van der Waals surface area contributed by atoms with Gasteiger partial charge < -0.3 is 4.90 Å². The monoisotopic (exact) mass is 140 g/mol. The van der Waals surface area contributed by atoms with E-state index in [1.807, 2.05) is 6.92 Å². The second-order valence-corrected chi connectivity index (χ2v) is 2.63. The van der Waals surface area contributed by atoms with Crippen LogP contribution in [0, 0.1) is 0 Å². The number of aliphatic imine (C=N–C) groups is 1. The van der Waals surface area contributed by atoms with E-state index >= 15 is 0 Å². The van der Waals surface area contributed by atoms with E-state index in [-0.39, 0.29) is 6.03 Å². The normalized spacial score (nSPS) is 24.9. The molecule has 2 amide bonds. The summed E-state index contributed by atoms with van der Waals surface area (Å²) in [6.07, 6.45) is 2.20. The molecule has 1 atom stereocenters. The van der Waals surface area contributed by atoms with Gasteiger partial charge in [-0.25, -0.2) is 9.79 Å². The summed E-state index contributed by atoms with van der Waals surface area (Å²) in [5.74, 6) is 0. The van der Waals surface area contributed by atoms with Crippen LogP contribution in [0.15, 0.2) is 4.99 Å². The minimum atomic E-state index is -0.176. The highest BCUT2D eigenvalue weighted by atomic mass is 16.2. The van der Waals surface area contributed by atoms with E-state index in [4.69, 9.17) is 0 Å². The fourth-order valence-corrected chi connectivity index (χ4v) is 1.31. The van der Waals surface area contributed by atoms with Gasteiger partial charge >= 0.3 is 6.03 Å². The van der Waals surface area contributed by atoms with Gasteiger partial charge in [-0.05, 0) is 26.5 Å². The number of hydrogen-bond donors (Lipinski definition) is 0. The van der Waals surface area contributed by atoms with Gasteiger partial charge in [-0.1, -0.05) is 0 Å². The standard InChI is InChI=1S/C7H12N2O/c1-6-4-3-5-9(6)7(10)8-2/h6H,2-5H2,1H3. The van der Waals surface area contributed by atoms with Gasteiger partial charge in [0.2, 0.25) is 0 Å². The third kappa shape index (κ3) is 1.17. The number of amides is 2. The van der Waals surface area contributed by atoms with Gasteiger partial charge in [-0.15, -0.1) is 0 Å². The van der Waals surface area contributed by atoms with Crippen molar-refractivity contribution in [1.82, 2.24) is 4.90 Å². The summed E-state index contributed by atoms with van der Waals surface area (Å²) < 4.78 is 0. The predicted molar refractivity (Wildman–Crippen MR) is 40.3 cm³/mol. The first-order valence-corrected chi connectivity index (χ1v) is 3.53. The fraction of sp³-hybridized carbons (Fsp3) is 0.714. The molecule has 0 bridgehead atoms. The van der Waals surface area contributed by atoms with E-state index in [0.29, 0.717) is 6.04 Å². The first kappa shape index (κ1) is 7.25. The maximum atomic E-state index is 10.9. The molecule has 0 aromatic carbocycles. The summed E-state index contributed by atoms with van der Waals surface area (Å²) in [5, 5.41) is 0. The number of rotatable bonds is 0. The Bertz CT molecular complexity index is 156. The van der Waals surface area contributed by atoms with Crippen LogP contribution >= 0.6 is 0 Å². The summed E-state index contributed by atoms with van der Waals surface area (Å²) >= 11 is 0. The van der Waals surface area contributed by atoms with Crippen molar-refractivity contribution in [2.75, 3.05) is 6.54 Å². The Morgan fingerprint density at radius 2 is 2.50 bits per heavy atom. The molecule has 3 heteroatoms. The van der Waals surface area contributed by atoms with Crippen molar-refractivity contribution in [1.29, 1.82) is 0 Å². The third-order valence-corrected chi connectivity index (χ3v) is 1.93. The lowest BCUT2D eigenvalue weighted by molar-refractivity contribution is 0.206. The lowest BCUT2D eigenvalue weighted by atomic mass is 10.2. The summed E-state index contributed by atoms with van der Waals surface area (Å²) in [7, 11) is 0. The molecular weight excluding hydrogens is 128 g/mol. The molecule has 1 aliphatic rings. The molecule has 0 aromatic rings. The van der Waals surface area contributed by atoms with Crippen LogP contribution in [0.3, 0.4) is 0 Å². The molecule has 0 aromatic heterocycles. The average Bonchev–Trinajstić information content (AvgIpc) is 2.34. The third-order valence-electron chi connectivity index (χ3n) is 1.93. The Balaban J connectivity index is 2.54. The van der Waals surface area contributed by atoms with Crippen molar-refractivity contribution < 1.29 is 4.79 Å². The van der Waals surface area contributed by atoms with Crippen LogP contribution in [-0.2, 0) is 0 Å². The molecule has 1 aliphatic heterocycles. The van der Waals surface area contributed by atoms with Gasteiger partial charge in [0.05, 0.1) is 0 Å². The molecule has 1 fully saturated rings. The number of likely N-dealkylation sites (tertiary alicyclic amines) is 1. The van der Waals surface area contributed by atoms with Gasteiger partial charge in [0.25, 0.3) is 0 Å². The molecule has 0 saturated carbocycles. The molecular formula is C7H12N2O. The summed E-state index contributed by atoms with van der Waals surface area (Å²) in [5.41, 5.74) is 0. The van der Waals surface area contributed by atoms with Crippen LogP contribution in [0.4, 0.5) is 4.79 Å². The van der Waals surface area contributed by atoms with Gasteiger partial charge in [0.15, 0.2) is 0 Å². The Labute approximate surface area is 60.7 Å². The maximum absolute atomic E-state index is 10.9. The van der Waals surface area contributed by atoms with E-state index in [2.05, 4.69) is 11.7 Å². The highest BCUT2D eigenvalue weighted by Gasteiger charge is 2.23. The lowest BCUT2D eigenvalue weighted by Gasteiger charge is -2.17. The number of nitrogens with zero attached hydrogens (tertiary/aromatic N) is 2. The topological polar surface area (TPSA) is 32.7 Å². The zero-order valence-electron chi connectivity index (χ0n) is 6.21. The number of hydrogen-bond acceptors (Lipinski definition) is 1. The minimum Gasteiger partial charge on any atom is -0.320 e. The quantitative estimate of drug-likeness (QED) is 0.467. The lowest BCUT2D eigenvalue weighted by Crippen LogP contribution is -2.30. The van der Waals surface area contributed by atoms with Gasteiger partial charge in [0.1, 0.15) is 0 Å². The van der Waals surface area contributed by atoms with E-state index in [0.717, 1.165) is 19.4 Å². The van der Waals surface area contributed by atoms with Crippen LogP contribution in [0.1, 0.15) is 19.8 Å². The zero-order chi connectivity index (χ0) is 7.56. The Morgan fingerprint density at radius 3 is 2.90 bits per heavy atom. The highest BCUT2D eigenvalue weighted by Crippen LogP contribution is 2.16. The molecule has 0 spiro atoms. The first-order chi connectivity index (χ1) is 4.75. The second kappa shape index (κ2) is 2.82. The van der Waals surface area contributed by atoms with E-state index in [9.17, 15) is 4.79 Å². The van der Waals surface area contributed by atoms with Crippen LogP contribution < -0.4 is 0 Å². The van der Waals surface area contributed by atoms with Crippen LogP contribution in [0.5, 0.6) is 0 Å². The van der Waals surface area contributed by atoms with Gasteiger partial charge in [-0.3, -0.25) is 0 Å². The first-order valence-electron chi connectivity index (χ1n) is 3.53. The van der Waals surface area contributed by atoms with E-state index in [1.165, 1.54) is 0 Å². The largest absolute Gasteiger partial charge is 0.343 e. The fourth-order valence-electron chi connectivity index (χ4n) is 1.31. The summed E-state index contributed by atoms with van der Waals surface area (Å²) in [6, 6.07) is 0.183. The predicted octanol–water partition coefficient (Wildman–Crippen LogP) is 1.29. The molecule has 1 rings (SSSR count). The van der Waals surface area contributed by atoms with Crippen LogP contribution in [-0.4, -0.2) is 30.2 Å². The van der Waals surface area contributed by atoms with Crippen molar-refractivity contribution in [2.24, 2.45) is 4.99 Å². The number of carbonyl (C=O) groups is 1. The molecule has 3 nitrogen and oxygen atoms in total. The summed E-state index contributed by atoms with van der Waals surface area (Å²) in [6.45, 7) is 6.08. The van der Waals surface area contributed by atoms with Crippen molar-refractivity contribution in [2.45, 2.75) is 25.8 Å². The number of carbonyl (C=O) groups excluding carboxylic acids is 1. The molecule has 1 heterocycles. The Morgan fingerprint density at radius 1 is 1.80 bits per heavy atom. The zero-order valence-corrected chi connectivity index (χ0v) is 6.21. The molecule has 0 radical (unpaired) electrons. The van der Waals surface area contributed by atoms with E-state index in [1.54, 1.807) is 4.90 Å². The van der Waals surface area contributed by atoms with Gasteiger partial charge in [-0.2, -0.15) is 0 Å². The molecule has 1 unspecified atom stereocenters. The van der Waals surface area contributed by atoms with E-state index < -0.39 is 0 Å². The summed E-state index contributed by atoms with van der Waals surface area (Å²) in [4.78, 5) is 16.0. The van der Waals surface area contributed by atoms with Crippen molar-refractivity contribution in [3.05, 3.63) is 0 Å². The van der Waals surface area contributed by atoms with Crippen molar-refractivity contribution in [3.8, 4) is 0 Å². The number of urea groups is 1. The smallest absolute Gasteiger partial charge is 0.320 e. The van der Waals surface area contributed by atoms with Crippen LogP contribution in [0.2, 0.25) is 0 Å². The highest BCUT2D eigenvalue weighted by molar-refractivity contribution is 5.79. The molecule has 0 aliphatic carbocycles. The minimum absolute atomic E-state index is 0.176. The molecule has 1 saturated heterocycles. The Hall–Kier alpha value is -0.860. The average molecular weight is 140 g/mol. The SMILES string of the molecule is C=NC(=O)N1CCCC1C. The second-order valence-electron chi connectivity index (χ2n) is 2.63. The molecule has 10 heavy (non-hydrogen) atoms. The maximum Gasteiger partial charge on any atom is 0.343 e. The van der Waals surface area contributed by atoms with Crippen molar-refractivity contribution in [3.63, 3.8) is 0 Å². The molecule has 0 N–H and O–H groups in total. The van der Waals surface area contributed by atoms with Gasteiger partial charge in [0, 0.05) is 12.6 Å². The van der Waals surface area contributed by atoms with Crippen LogP contribution in [0.25, 0.3) is 0 Å². The van der Waals surface area contributed by atoms with Crippen molar-refractivity contribution >= 4 is 12.7 Å².